The Labute approximate surface area is 134 Å². The quantitative estimate of drug-likeness (QED) is 0.775. The summed E-state index contributed by atoms with van der Waals surface area (Å²) >= 11 is 0. The smallest absolute Gasteiger partial charge is 0.123 e. The largest absolute Gasteiger partial charge is 0.497 e. The lowest BCUT2D eigenvalue weighted by molar-refractivity contribution is 0.104. The highest BCUT2D eigenvalue weighted by molar-refractivity contribution is 5.44. The lowest BCUT2D eigenvalue weighted by Gasteiger charge is -2.24. The average molecular weight is 309 g/mol. The fraction of sp³-hybridized carbons (Fsp3) is 0.667. The molecule has 4 nitrogen and oxygen atoms in total. The Morgan fingerprint density at radius 3 is 2.41 bits per heavy atom. The molecule has 0 fully saturated rings. The number of hydrogen-bond donors (Lipinski definition) is 2. The van der Waals surface area contributed by atoms with Gasteiger partial charge in [0.2, 0.25) is 0 Å². The van der Waals surface area contributed by atoms with Crippen molar-refractivity contribution in [2.75, 3.05) is 26.8 Å². The van der Waals surface area contributed by atoms with E-state index < -0.39 is 6.10 Å². The van der Waals surface area contributed by atoms with Gasteiger partial charge in [0.25, 0.3) is 0 Å². The summed E-state index contributed by atoms with van der Waals surface area (Å²) in [6, 6.07) is 5.79. The summed E-state index contributed by atoms with van der Waals surface area (Å²) in [7, 11) is 1.66. The molecule has 0 saturated heterocycles. The molecule has 0 spiro atoms. The van der Waals surface area contributed by atoms with Gasteiger partial charge >= 0.3 is 0 Å². The van der Waals surface area contributed by atoms with Gasteiger partial charge in [0, 0.05) is 12.1 Å². The Balaban J connectivity index is 2.65. The van der Waals surface area contributed by atoms with Crippen LogP contribution in [0.4, 0.5) is 0 Å². The molecule has 1 atom stereocenters. The summed E-state index contributed by atoms with van der Waals surface area (Å²) in [5, 5.41) is 13.2. The fourth-order valence-electron chi connectivity index (χ4n) is 2.13. The summed E-state index contributed by atoms with van der Waals surface area (Å²) < 4.78 is 11.1. The van der Waals surface area contributed by atoms with Crippen molar-refractivity contribution in [3.8, 4) is 11.5 Å². The molecule has 2 N–H and O–H groups in total. The first kappa shape index (κ1) is 18.8. The maximum Gasteiger partial charge on any atom is 0.123 e. The van der Waals surface area contributed by atoms with Crippen molar-refractivity contribution >= 4 is 0 Å². The number of ether oxygens (including phenoxy) is 2. The molecule has 0 aliphatic rings. The van der Waals surface area contributed by atoms with Crippen LogP contribution in [-0.4, -0.2) is 38.0 Å². The Morgan fingerprint density at radius 1 is 1.18 bits per heavy atom. The van der Waals surface area contributed by atoms with Crippen LogP contribution in [0.5, 0.6) is 11.5 Å². The second-order valence-electron chi connectivity index (χ2n) is 7.13. The minimum absolute atomic E-state index is 0.0509. The number of hydrogen-bond acceptors (Lipinski definition) is 4. The van der Waals surface area contributed by atoms with Gasteiger partial charge in [-0.05, 0) is 36.1 Å². The van der Waals surface area contributed by atoms with E-state index >= 15 is 0 Å². The second kappa shape index (κ2) is 8.39. The van der Waals surface area contributed by atoms with Gasteiger partial charge < -0.3 is 19.9 Å². The monoisotopic (exact) mass is 309 g/mol. The van der Waals surface area contributed by atoms with Gasteiger partial charge in [0.15, 0.2) is 0 Å². The van der Waals surface area contributed by atoms with Gasteiger partial charge in [-0.15, -0.1) is 0 Å². The van der Waals surface area contributed by atoms with Crippen LogP contribution >= 0.6 is 0 Å². The van der Waals surface area contributed by atoms with Crippen molar-refractivity contribution in [1.82, 2.24) is 5.32 Å². The molecule has 1 aromatic rings. The summed E-state index contributed by atoms with van der Waals surface area (Å²) in [4.78, 5) is 0. The van der Waals surface area contributed by atoms with E-state index in [9.17, 15) is 5.11 Å². The van der Waals surface area contributed by atoms with Gasteiger partial charge in [-0.25, -0.2) is 0 Å². The fourth-order valence-corrected chi connectivity index (χ4v) is 2.13. The first-order chi connectivity index (χ1) is 10.2. The van der Waals surface area contributed by atoms with Crippen LogP contribution in [0.25, 0.3) is 0 Å². The third-order valence-electron chi connectivity index (χ3n) is 3.36. The summed E-state index contributed by atoms with van der Waals surface area (Å²) in [6.07, 6.45) is -0.520. The van der Waals surface area contributed by atoms with Crippen molar-refractivity contribution in [3.05, 3.63) is 23.8 Å². The number of nitrogens with one attached hydrogen (secondary N) is 1. The molecule has 0 aliphatic carbocycles. The van der Waals surface area contributed by atoms with Gasteiger partial charge in [0.1, 0.15) is 24.2 Å². The molecule has 4 heteroatoms. The Hall–Kier alpha value is -1.26. The Kier molecular flexibility index (Phi) is 7.17. The van der Waals surface area contributed by atoms with E-state index in [4.69, 9.17) is 9.47 Å². The molecule has 1 aromatic carbocycles. The molecule has 1 rings (SSSR count). The Bertz CT molecular complexity index is 452. The zero-order valence-electron chi connectivity index (χ0n) is 14.8. The third-order valence-corrected chi connectivity index (χ3v) is 3.36. The molecule has 0 aromatic heterocycles. The van der Waals surface area contributed by atoms with E-state index in [1.165, 1.54) is 0 Å². The Morgan fingerprint density at radius 2 is 1.86 bits per heavy atom. The van der Waals surface area contributed by atoms with Crippen LogP contribution in [0.2, 0.25) is 0 Å². The van der Waals surface area contributed by atoms with Gasteiger partial charge in [-0.3, -0.25) is 0 Å². The summed E-state index contributed by atoms with van der Waals surface area (Å²) in [5.74, 6) is 2.19. The second-order valence-corrected chi connectivity index (χ2v) is 7.13. The van der Waals surface area contributed by atoms with E-state index in [0.29, 0.717) is 12.5 Å². The maximum atomic E-state index is 10.0. The van der Waals surface area contributed by atoms with Crippen molar-refractivity contribution < 1.29 is 14.6 Å². The minimum atomic E-state index is -0.520. The highest BCUT2D eigenvalue weighted by atomic mass is 16.5. The first-order valence-electron chi connectivity index (χ1n) is 7.94. The van der Waals surface area contributed by atoms with Crippen molar-refractivity contribution in [2.45, 2.75) is 46.1 Å². The molecular formula is C18H31NO3. The molecular weight excluding hydrogens is 278 g/mol. The molecule has 22 heavy (non-hydrogen) atoms. The lowest BCUT2D eigenvalue weighted by Crippen LogP contribution is -2.33. The standard InChI is InChI=1S/C18H31NO3/c1-13(2)10-19-11-14(20)12-22-17-8-7-15(21-6)9-16(17)18(3,4)5/h7-9,13-14,19-20H,10-12H2,1-6H3/t14-/m1/s1. The average Bonchev–Trinajstić information content (AvgIpc) is 2.43. The van der Waals surface area contributed by atoms with E-state index in [2.05, 4.69) is 39.9 Å². The molecule has 0 unspecified atom stereocenters. The third kappa shape index (κ3) is 6.24. The molecule has 0 amide bonds. The molecule has 0 saturated carbocycles. The molecule has 0 radical (unpaired) electrons. The molecule has 0 heterocycles. The predicted molar refractivity (Wildman–Crippen MR) is 90.9 cm³/mol. The van der Waals surface area contributed by atoms with Gasteiger partial charge in [0.05, 0.1) is 7.11 Å². The zero-order chi connectivity index (χ0) is 16.8. The van der Waals surface area contributed by atoms with Crippen molar-refractivity contribution in [2.24, 2.45) is 5.92 Å². The minimum Gasteiger partial charge on any atom is -0.497 e. The number of rotatable bonds is 8. The zero-order valence-corrected chi connectivity index (χ0v) is 14.8. The molecule has 0 aliphatic heterocycles. The van der Waals surface area contributed by atoms with Crippen LogP contribution in [-0.2, 0) is 5.41 Å². The normalized spacial score (nSPS) is 13.3. The highest BCUT2D eigenvalue weighted by Gasteiger charge is 2.20. The number of methoxy groups -OCH3 is 1. The van der Waals surface area contributed by atoms with Crippen LogP contribution in [0.15, 0.2) is 18.2 Å². The topological polar surface area (TPSA) is 50.7 Å². The van der Waals surface area contributed by atoms with Crippen molar-refractivity contribution in [3.63, 3.8) is 0 Å². The highest BCUT2D eigenvalue weighted by Crippen LogP contribution is 2.34. The lowest BCUT2D eigenvalue weighted by atomic mass is 9.86. The van der Waals surface area contributed by atoms with Crippen LogP contribution in [0.1, 0.15) is 40.2 Å². The van der Waals surface area contributed by atoms with Crippen LogP contribution in [0.3, 0.4) is 0 Å². The first-order valence-corrected chi connectivity index (χ1v) is 7.94. The van der Waals surface area contributed by atoms with Gasteiger partial charge in [-0.2, -0.15) is 0 Å². The van der Waals surface area contributed by atoms with Crippen LogP contribution < -0.4 is 14.8 Å². The van der Waals surface area contributed by atoms with E-state index in [1.807, 2.05) is 18.2 Å². The maximum absolute atomic E-state index is 10.0. The van der Waals surface area contributed by atoms with E-state index in [-0.39, 0.29) is 12.0 Å². The van der Waals surface area contributed by atoms with Crippen LogP contribution in [0, 0.1) is 5.92 Å². The number of aliphatic hydroxyl groups is 1. The molecule has 0 bridgehead atoms. The SMILES string of the molecule is COc1ccc(OC[C@H](O)CNCC(C)C)c(C(C)(C)C)c1. The summed E-state index contributed by atoms with van der Waals surface area (Å²) in [6.45, 7) is 12.4. The van der Waals surface area contributed by atoms with E-state index in [0.717, 1.165) is 23.6 Å². The van der Waals surface area contributed by atoms with Gasteiger partial charge in [-0.1, -0.05) is 34.6 Å². The number of aliphatic hydroxyl groups excluding tert-OH is 1. The summed E-state index contributed by atoms with van der Waals surface area (Å²) in [5.41, 5.74) is 1.03. The molecule has 126 valence electrons. The predicted octanol–water partition coefficient (Wildman–Crippen LogP) is 2.98. The van der Waals surface area contributed by atoms with E-state index in [1.54, 1.807) is 7.11 Å². The van der Waals surface area contributed by atoms with Crippen molar-refractivity contribution in [1.29, 1.82) is 0 Å². The number of benzene rings is 1.